The maximum absolute atomic E-state index is 5.75. The van der Waals surface area contributed by atoms with Gasteiger partial charge in [0.2, 0.25) is 5.89 Å². The molecule has 0 aromatic carbocycles. The van der Waals surface area contributed by atoms with Crippen molar-refractivity contribution in [2.75, 3.05) is 0 Å². The van der Waals surface area contributed by atoms with Gasteiger partial charge in [-0.05, 0) is 43.9 Å². The number of nitrogens with two attached hydrogens (primary N) is 1. The summed E-state index contributed by atoms with van der Waals surface area (Å²) in [5.41, 5.74) is 6.17. The fraction of sp³-hybridized carbons (Fsp3) is 0.867. The lowest BCUT2D eigenvalue weighted by atomic mass is 9.70. The Morgan fingerprint density at radius 1 is 1.26 bits per heavy atom. The Bertz CT molecular complexity index is 398. The zero-order valence-electron chi connectivity index (χ0n) is 12.6. The molecule has 1 aliphatic carbocycles. The van der Waals surface area contributed by atoms with Gasteiger partial charge in [-0.2, -0.15) is 4.98 Å². The molecule has 1 aromatic rings. The van der Waals surface area contributed by atoms with Gasteiger partial charge in [-0.25, -0.2) is 0 Å². The van der Waals surface area contributed by atoms with Crippen LogP contribution < -0.4 is 5.73 Å². The maximum Gasteiger partial charge on any atom is 0.228 e. The minimum atomic E-state index is 0.0740. The summed E-state index contributed by atoms with van der Waals surface area (Å²) in [6.45, 7) is 8.98. The van der Waals surface area contributed by atoms with Crippen molar-refractivity contribution in [3.05, 3.63) is 11.7 Å². The molecule has 4 heteroatoms. The molecule has 4 nitrogen and oxygen atoms in total. The Kier molecular flexibility index (Phi) is 4.29. The summed E-state index contributed by atoms with van der Waals surface area (Å²) in [6, 6.07) is 0.0740. The average molecular weight is 265 g/mol. The average Bonchev–Trinajstić information content (AvgIpc) is 2.75. The molecular weight excluding hydrogens is 238 g/mol. The van der Waals surface area contributed by atoms with Crippen LogP contribution >= 0.6 is 0 Å². The van der Waals surface area contributed by atoms with E-state index in [1.54, 1.807) is 0 Å². The van der Waals surface area contributed by atoms with E-state index in [2.05, 4.69) is 30.9 Å². The van der Waals surface area contributed by atoms with Gasteiger partial charge in [0.15, 0.2) is 5.82 Å². The Morgan fingerprint density at radius 3 is 2.42 bits per heavy atom. The van der Waals surface area contributed by atoms with Gasteiger partial charge in [0.05, 0.1) is 0 Å². The molecule has 108 valence electrons. The molecule has 1 aliphatic rings. The Labute approximate surface area is 116 Å². The standard InChI is InChI=1S/C15H27N3O/c1-10(16)9-13-17-14(18-19-13)11-5-7-12(8-6-11)15(2,3)4/h10-12H,5-9,16H2,1-4H3. The number of nitrogens with zero attached hydrogens (tertiary/aromatic N) is 2. The van der Waals surface area contributed by atoms with E-state index in [9.17, 15) is 0 Å². The zero-order valence-corrected chi connectivity index (χ0v) is 12.6. The normalized spacial score (nSPS) is 26.4. The van der Waals surface area contributed by atoms with Crippen molar-refractivity contribution in [2.45, 2.75) is 71.8 Å². The van der Waals surface area contributed by atoms with Crippen molar-refractivity contribution in [1.29, 1.82) is 0 Å². The predicted octanol–water partition coefficient (Wildman–Crippen LogP) is 3.28. The molecule has 2 rings (SSSR count). The molecule has 2 N–H and O–H groups in total. The van der Waals surface area contributed by atoms with Gasteiger partial charge in [0, 0.05) is 18.4 Å². The van der Waals surface area contributed by atoms with Crippen LogP contribution in [-0.4, -0.2) is 16.2 Å². The van der Waals surface area contributed by atoms with Gasteiger partial charge < -0.3 is 10.3 Å². The molecule has 1 heterocycles. The zero-order chi connectivity index (χ0) is 14.0. The van der Waals surface area contributed by atoms with Crippen molar-refractivity contribution in [2.24, 2.45) is 17.1 Å². The first-order valence-corrected chi connectivity index (χ1v) is 7.44. The molecule has 0 aliphatic heterocycles. The van der Waals surface area contributed by atoms with Crippen LogP contribution in [0.3, 0.4) is 0 Å². The fourth-order valence-corrected chi connectivity index (χ4v) is 3.01. The second-order valence-corrected chi connectivity index (χ2v) is 7.14. The first-order valence-electron chi connectivity index (χ1n) is 7.44. The van der Waals surface area contributed by atoms with Crippen LogP contribution in [0.15, 0.2) is 4.52 Å². The van der Waals surface area contributed by atoms with Crippen molar-refractivity contribution < 1.29 is 4.52 Å². The van der Waals surface area contributed by atoms with Crippen molar-refractivity contribution in [1.82, 2.24) is 10.1 Å². The summed E-state index contributed by atoms with van der Waals surface area (Å²) < 4.78 is 5.28. The predicted molar refractivity (Wildman–Crippen MR) is 75.8 cm³/mol. The largest absolute Gasteiger partial charge is 0.339 e. The third kappa shape index (κ3) is 3.78. The quantitative estimate of drug-likeness (QED) is 0.911. The van der Waals surface area contributed by atoms with Crippen LogP contribution in [0.1, 0.15) is 71.0 Å². The van der Waals surface area contributed by atoms with Gasteiger partial charge in [0.1, 0.15) is 0 Å². The smallest absolute Gasteiger partial charge is 0.228 e. The summed E-state index contributed by atoms with van der Waals surface area (Å²) in [6.07, 6.45) is 5.57. The van der Waals surface area contributed by atoms with E-state index in [4.69, 9.17) is 10.3 Å². The van der Waals surface area contributed by atoms with E-state index < -0.39 is 0 Å². The lowest BCUT2D eigenvalue weighted by Gasteiger charge is -2.36. The van der Waals surface area contributed by atoms with Crippen LogP contribution in [0.2, 0.25) is 0 Å². The summed E-state index contributed by atoms with van der Waals surface area (Å²) in [4.78, 5) is 4.50. The third-order valence-electron chi connectivity index (χ3n) is 4.30. The Morgan fingerprint density at radius 2 is 1.89 bits per heavy atom. The molecule has 1 fully saturated rings. The Hall–Kier alpha value is -0.900. The topological polar surface area (TPSA) is 64.9 Å². The van der Waals surface area contributed by atoms with Gasteiger partial charge in [0.25, 0.3) is 0 Å². The Balaban J connectivity index is 1.92. The minimum Gasteiger partial charge on any atom is -0.339 e. The van der Waals surface area contributed by atoms with E-state index in [1.165, 1.54) is 25.7 Å². The van der Waals surface area contributed by atoms with Crippen LogP contribution in [0.5, 0.6) is 0 Å². The second-order valence-electron chi connectivity index (χ2n) is 7.14. The minimum absolute atomic E-state index is 0.0740. The van der Waals surface area contributed by atoms with E-state index in [-0.39, 0.29) is 6.04 Å². The van der Waals surface area contributed by atoms with Crippen LogP contribution in [-0.2, 0) is 6.42 Å². The molecule has 0 radical (unpaired) electrons. The summed E-state index contributed by atoms with van der Waals surface area (Å²) in [5, 5.41) is 4.14. The van der Waals surface area contributed by atoms with E-state index >= 15 is 0 Å². The van der Waals surface area contributed by atoms with Gasteiger partial charge in [-0.15, -0.1) is 0 Å². The first-order chi connectivity index (χ1) is 8.86. The third-order valence-corrected chi connectivity index (χ3v) is 4.30. The van der Waals surface area contributed by atoms with Gasteiger partial charge in [-0.3, -0.25) is 0 Å². The molecule has 0 spiro atoms. The van der Waals surface area contributed by atoms with Crippen molar-refractivity contribution >= 4 is 0 Å². The number of rotatable bonds is 3. The highest BCUT2D eigenvalue weighted by atomic mass is 16.5. The second kappa shape index (κ2) is 5.61. The lowest BCUT2D eigenvalue weighted by molar-refractivity contribution is 0.166. The molecule has 1 atom stereocenters. The molecular formula is C15H27N3O. The highest BCUT2D eigenvalue weighted by Gasteiger charge is 2.31. The molecule has 1 unspecified atom stereocenters. The maximum atomic E-state index is 5.75. The number of hydrogen-bond donors (Lipinski definition) is 1. The number of hydrogen-bond acceptors (Lipinski definition) is 4. The van der Waals surface area contributed by atoms with Crippen LogP contribution in [0, 0.1) is 11.3 Å². The molecule has 1 saturated carbocycles. The molecule has 1 aromatic heterocycles. The van der Waals surface area contributed by atoms with Crippen LogP contribution in [0.25, 0.3) is 0 Å². The highest BCUT2D eigenvalue weighted by molar-refractivity contribution is 4.99. The van der Waals surface area contributed by atoms with Crippen molar-refractivity contribution in [3.63, 3.8) is 0 Å². The van der Waals surface area contributed by atoms with E-state index in [1.807, 2.05) is 6.92 Å². The fourth-order valence-electron chi connectivity index (χ4n) is 3.01. The van der Waals surface area contributed by atoms with E-state index in [0.717, 1.165) is 11.7 Å². The van der Waals surface area contributed by atoms with Gasteiger partial charge in [-0.1, -0.05) is 25.9 Å². The first kappa shape index (κ1) is 14.5. The van der Waals surface area contributed by atoms with Gasteiger partial charge >= 0.3 is 0 Å². The molecule has 0 saturated heterocycles. The summed E-state index contributed by atoms with van der Waals surface area (Å²) >= 11 is 0. The molecule has 0 amide bonds. The summed E-state index contributed by atoms with van der Waals surface area (Å²) in [5.74, 6) is 2.87. The molecule has 19 heavy (non-hydrogen) atoms. The lowest BCUT2D eigenvalue weighted by Crippen LogP contribution is -2.25. The SMILES string of the molecule is CC(N)Cc1nc(C2CCC(C(C)(C)C)CC2)no1. The van der Waals surface area contributed by atoms with Crippen LogP contribution in [0.4, 0.5) is 0 Å². The summed E-state index contributed by atoms with van der Waals surface area (Å²) in [7, 11) is 0. The monoisotopic (exact) mass is 265 g/mol. The van der Waals surface area contributed by atoms with E-state index in [0.29, 0.717) is 23.6 Å². The number of aromatic nitrogens is 2. The van der Waals surface area contributed by atoms with Crippen molar-refractivity contribution in [3.8, 4) is 0 Å². The molecule has 0 bridgehead atoms. The highest BCUT2D eigenvalue weighted by Crippen LogP contribution is 2.42.